The second-order valence-corrected chi connectivity index (χ2v) is 6.08. The Morgan fingerprint density at radius 1 is 0.852 bits per heavy atom. The molecule has 1 saturated heterocycles. The summed E-state index contributed by atoms with van der Waals surface area (Å²) in [7, 11) is 0. The van der Waals surface area contributed by atoms with E-state index in [0.717, 1.165) is 25.1 Å². The molecule has 152 valence electrons. The molecule has 1 fully saturated rings. The fraction of sp³-hybridized carbons (Fsp3) is 0.632. The Labute approximate surface area is 160 Å². The molecule has 0 saturated carbocycles. The molecule has 0 unspecified atom stereocenters. The molecule has 0 amide bonds. The number of nitrogen functional groups attached to an aromatic ring is 1. The van der Waals surface area contributed by atoms with E-state index < -0.39 is 0 Å². The van der Waals surface area contributed by atoms with Crippen molar-refractivity contribution in [1.29, 1.82) is 0 Å². The van der Waals surface area contributed by atoms with Gasteiger partial charge in [0.1, 0.15) is 0 Å². The molecule has 1 aliphatic heterocycles. The van der Waals surface area contributed by atoms with E-state index in [-0.39, 0.29) is 0 Å². The summed E-state index contributed by atoms with van der Waals surface area (Å²) in [5.41, 5.74) is 7.95. The molecule has 0 aliphatic carbocycles. The van der Waals surface area contributed by atoms with Crippen molar-refractivity contribution in [2.45, 2.75) is 0 Å². The lowest BCUT2D eigenvalue weighted by Crippen LogP contribution is -2.32. The predicted molar refractivity (Wildman–Crippen MR) is 105 cm³/mol. The van der Waals surface area contributed by atoms with Gasteiger partial charge in [-0.05, 0) is 12.1 Å². The predicted octanol–water partition coefficient (Wildman–Crippen LogP) is 0.557. The van der Waals surface area contributed by atoms with E-state index in [4.69, 9.17) is 24.7 Å². The number of rotatable bonds is 2. The van der Waals surface area contributed by atoms with Crippen LogP contribution in [-0.2, 0) is 18.9 Å². The summed E-state index contributed by atoms with van der Waals surface area (Å²) in [6, 6.07) is 5.45. The lowest BCUT2D eigenvalue weighted by atomic mass is 10.1. The van der Waals surface area contributed by atoms with Gasteiger partial charge in [-0.3, -0.25) is 4.79 Å². The summed E-state index contributed by atoms with van der Waals surface area (Å²) in [6.45, 7) is 7.44. The zero-order valence-corrected chi connectivity index (χ0v) is 15.9. The molecule has 0 spiro atoms. The van der Waals surface area contributed by atoms with E-state index in [1.165, 1.54) is 0 Å². The van der Waals surface area contributed by atoms with Crippen LogP contribution in [0.5, 0.6) is 0 Å². The number of aldehydes is 1. The molecular weight excluding hydrogens is 350 g/mol. The molecule has 0 atom stereocenters. The summed E-state index contributed by atoms with van der Waals surface area (Å²) in [4.78, 5) is 13.3. The minimum atomic E-state index is 0.480. The number of carbonyl (C=O) groups excluding carboxylic acids is 1. The third-order valence-electron chi connectivity index (χ3n) is 4.19. The Balaban J connectivity index is 1.92. The molecule has 0 radical (unpaired) electrons. The summed E-state index contributed by atoms with van der Waals surface area (Å²) < 4.78 is 22.4. The number of ether oxygens (including phenoxy) is 4. The van der Waals surface area contributed by atoms with E-state index >= 15 is 0 Å². The van der Waals surface area contributed by atoms with Crippen molar-refractivity contribution in [2.24, 2.45) is 0 Å². The molecule has 8 heteroatoms. The Hall–Kier alpha value is -1.71. The van der Waals surface area contributed by atoms with Gasteiger partial charge < -0.3 is 34.9 Å². The van der Waals surface area contributed by atoms with Gasteiger partial charge in [-0.2, -0.15) is 0 Å². The molecule has 0 bridgehead atoms. The van der Waals surface area contributed by atoms with Crippen LogP contribution in [0.15, 0.2) is 18.2 Å². The number of hydrogen-bond acceptors (Lipinski definition) is 8. The number of carbonyl (C=O) groups is 1. The third kappa shape index (κ3) is 8.23. The van der Waals surface area contributed by atoms with Crippen LogP contribution in [-0.4, -0.2) is 85.3 Å². The Kier molecular flexibility index (Phi) is 10.8. The molecule has 0 aromatic heterocycles. The lowest BCUT2D eigenvalue weighted by molar-refractivity contribution is 0.0409. The quantitative estimate of drug-likeness (QED) is 0.567. The third-order valence-corrected chi connectivity index (χ3v) is 4.19. The van der Waals surface area contributed by atoms with Crippen LogP contribution in [0.25, 0.3) is 0 Å². The minimum absolute atomic E-state index is 0.480. The number of hydrogen-bond donors (Lipinski definition) is 2. The van der Waals surface area contributed by atoms with Crippen molar-refractivity contribution in [3.8, 4) is 0 Å². The molecule has 2 rings (SSSR count). The van der Waals surface area contributed by atoms with Gasteiger partial charge in [-0.15, -0.1) is 0 Å². The zero-order chi connectivity index (χ0) is 19.2. The fourth-order valence-corrected chi connectivity index (χ4v) is 2.71. The summed E-state index contributed by atoms with van der Waals surface area (Å²) in [6.07, 6.45) is 0.775. The second-order valence-electron chi connectivity index (χ2n) is 6.08. The fourth-order valence-electron chi connectivity index (χ4n) is 2.71. The number of anilines is 2. The van der Waals surface area contributed by atoms with Gasteiger partial charge in [-0.25, -0.2) is 0 Å². The van der Waals surface area contributed by atoms with E-state index in [1.54, 1.807) is 6.07 Å². The van der Waals surface area contributed by atoms with Crippen LogP contribution in [0.2, 0.25) is 0 Å². The van der Waals surface area contributed by atoms with E-state index in [0.29, 0.717) is 77.2 Å². The van der Waals surface area contributed by atoms with Gasteiger partial charge in [0, 0.05) is 31.7 Å². The molecule has 1 heterocycles. The first kappa shape index (κ1) is 21.6. The van der Waals surface area contributed by atoms with Crippen molar-refractivity contribution in [3.05, 3.63) is 23.8 Å². The molecular formula is C19H31N3O5. The lowest BCUT2D eigenvalue weighted by Gasteiger charge is -2.26. The number of nitrogens with two attached hydrogens (primary N) is 1. The first-order valence-corrected chi connectivity index (χ1v) is 9.43. The average Bonchev–Trinajstić information content (AvgIpc) is 2.68. The van der Waals surface area contributed by atoms with Crippen LogP contribution in [0.4, 0.5) is 11.4 Å². The highest BCUT2D eigenvalue weighted by Gasteiger charge is 2.12. The molecule has 1 aromatic rings. The van der Waals surface area contributed by atoms with Crippen LogP contribution in [0.1, 0.15) is 10.4 Å². The highest BCUT2D eigenvalue weighted by Crippen LogP contribution is 2.25. The van der Waals surface area contributed by atoms with Gasteiger partial charge in [0.2, 0.25) is 0 Å². The smallest absolute Gasteiger partial charge is 0.152 e. The first-order valence-electron chi connectivity index (χ1n) is 9.43. The molecule has 8 nitrogen and oxygen atoms in total. The Bertz CT molecular complexity index is 526. The highest BCUT2D eigenvalue weighted by molar-refractivity contribution is 5.89. The van der Waals surface area contributed by atoms with Gasteiger partial charge >= 0.3 is 0 Å². The van der Waals surface area contributed by atoms with Crippen LogP contribution >= 0.6 is 0 Å². The first-order chi connectivity index (χ1) is 13.3. The summed E-state index contributed by atoms with van der Waals surface area (Å²) in [5.74, 6) is 0. The van der Waals surface area contributed by atoms with E-state index in [9.17, 15) is 4.79 Å². The van der Waals surface area contributed by atoms with Crippen molar-refractivity contribution in [3.63, 3.8) is 0 Å². The number of para-hydroxylation sites is 1. The van der Waals surface area contributed by atoms with E-state index in [1.807, 2.05) is 12.1 Å². The maximum Gasteiger partial charge on any atom is 0.152 e. The number of benzene rings is 1. The minimum Gasteiger partial charge on any atom is -0.396 e. The van der Waals surface area contributed by atoms with Crippen LogP contribution in [0, 0.1) is 0 Å². The topological polar surface area (TPSA) is 95.3 Å². The van der Waals surface area contributed by atoms with Crippen molar-refractivity contribution in [2.75, 3.05) is 89.7 Å². The number of nitrogens with one attached hydrogen (secondary N) is 1. The standard InChI is InChI=1S/C19H31N3O5/c20-19-17(16-23)2-1-3-18(19)22-6-10-26-14-12-24-8-4-21-5-9-25-13-15-27-11-7-22/h1-3,16,21H,4-15,20H2. The molecule has 27 heavy (non-hydrogen) atoms. The Morgan fingerprint density at radius 2 is 1.41 bits per heavy atom. The van der Waals surface area contributed by atoms with Crippen molar-refractivity contribution < 1.29 is 23.7 Å². The molecule has 3 N–H and O–H groups in total. The molecule has 1 aliphatic rings. The largest absolute Gasteiger partial charge is 0.396 e. The van der Waals surface area contributed by atoms with Crippen LogP contribution in [0.3, 0.4) is 0 Å². The summed E-state index contributed by atoms with van der Waals surface area (Å²) in [5, 5.41) is 3.25. The van der Waals surface area contributed by atoms with E-state index in [2.05, 4.69) is 10.2 Å². The van der Waals surface area contributed by atoms with Gasteiger partial charge in [0.25, 0.3) is 0 Å². The van der Waals surface area contributed by atoms with Crippen molar-refractivity contribution >= 4 is 17.7 Å². The van der Waals surface area contributed by atoms with Crippen LogP contribution < -0.4 is 16.0 Å². The molecule has 1 aromatic carbocycles. The highest BCUT2D eigenvalue weighted by atomic mass is 16.5. The maximum absolute atomic E-state index is 11.2. The van der Waals surface area contributed by atoms with Gasteiger partial charge in [-0.1, -0.05) is 6.07 Å². The number of nitrogens with zero attached hydrogens (tertiary/aromatic N) is 1. The second kappa shape index (κ2) is 13.5. The average molecular weight is 381 g/mol. The van der Waals surface area contributed by atoms with Gasteiger partial charge in [0.05, 0.1) is 64.2 Å². The normalized spacial score (nSPS) is 19.8. The maximum atomic E-state index is 11.2. The zero-order valence-electron chi connectivity index (χ0n) is 15.9. The van der Waals surface area contributed by atoms with Gasteiger partial charge in [0.15, 0.2) is 6.29 Å². The monoisotopic (exact) mass is 381 g/mol. The summed E-state index contributed by atoms with van der Waals surface area (Å²) >= 11 is 0. The van der Waals surface area contributed by atoms with Crippen molar-refractivity contribution in [1.82, 2.24) is 5.32 Å². The SMILES string of the molecule is Nc1c(C=O)cccc1N1CCOCCOCCNCCOCCOCC1. The Morgan fingerprint density at radius 3 is 1.96 bits per heavy atom.